The van der Waals surface area contributed by atoms with Gasteiger partial charge in [0.15, 0.2) is 0 Å². The molecule has 1 aliphatic rings. The van der Waals surface area contributed by atoms with Crippen LogP contribution in [0.25, 0.3) is 0 Å². The van der Waals surface area contributed by atoms with E-state index in [2.05, 4.69) is 6.92 Å². The van der Waals surface area contributed by atoms with Crippen LogP contribution in [0.2, 0.25) is 0 Å². The van der Waals surface area contributed by atoms with Gasteiger partial charge in [0, 0.05) is 19.2 Å². The van der Waals surface area contributed by atoms with Crippen LogP contribution < -0.4 is 0 Å². The maximum absolute atomic E-state index is 12.9. The number of nitrogens with zero attached hydrogens (tertiary/aromatic N) is 1. The van der Waals surface area contributed by atoms with Crippen LogP contribution in [-0.4, -0.2) is 37.0 Å². The molecule has 0 spiro atoms. The average molecular weight is 354 g/mol. The topological polar surface area (TPSA) is 57.6 Å². The summed E-state index contributed by atoms with van der Waals surface area (Å²) in [5.41, 5.74) is 1.20. The van der Waals surface area contributed by atoms with Crippen LogP contribution in [0.15, 0.2) is 29.2 Å². The monoisotopic (exact) mass is 353 g/mol. The van der Waals surface area contributed by atoms with Crippen molar-refractivity contribution in [2.45, 2.75) is 75.6 Å². The SMILES string of the molecule is CCCCCCc1ccc(S(=O)(=O)N2CCCCC2CCO)cc1. The Morgan fingerprint density at radius 3 is 2.54 bits per heavy atom. The molecule has 1 fully saturated rings. The summed E-state index contributed by atoms with van der Waals surface area (Å²) in [5.74, 6) is 0. The third-order valence-corrected chi connectivity index (χ3v) is 6.85. The van der Waals surface area contributed by atoms with Crippen molar-refractivity contribution in [3.63, 3.8) is 0 Å². The van der Waals surface area contributed by atoms with Crippen LogP contribution in [0.1, 0.15) is 63.9 Å². The number of sulfonamides is 1. The molecule has 136 valence electrons. The van der Waals surface area contributed by atoms with Gasteiger partial charge in [0.2, 0.25) is 10.0 Å². The predicted molar refractivity (Wildman–Crippen MR) is 97.5 cm³/mol. The Morgan fingerprint density at radius 1 is 1.12 bits per heavy atom. The fourth-order valence-corrected chi connectivity index (χ4v) is 5.17. The first-order valence-corrected chi connectivity index (χ1v) is 10.7. The maximum atomic E-state index is 12.9. The minimum atomic E-state index is -3.46. The molecular weight excluding hydrogens is 322 g/mol. The molecule has 1 aromatic rings. The average Bonchev–Trinajstić information content (AvgIpc) is 2.60. The Labute approximate surface area is 146 Å². The summed E-state index contributed by atoms with van der Waals surface area (Å²) >= 11 is 0. The van der Waals surface area contributed by atoms with E-state index in [-0.39, 0.29) is 12.6 Å². The standard InChI is InChI=1S/C19H31NO3S/c1-2-3-4-5-8-17-10-12-19(13-11-17)24(22,23)20-15-7-6-9-18(20)14-16-21/h10-13,18,21H,2-9,14-16H2,1H3. The number of aliphatic hydroxyl groups is 1. The van der Waals surface area contributed by atoms with Crippen LogP contribution in [-0.2, 0) is 16.4 Å². The summed E-state index contributed by atoms with van der Waals surface area (Å²) in [5, 5.41) is 9.21. The van der Waals surface area contributed by atoms with E-state index < -0.39 is 10.0 Å². The molecule has 0 radical (unpaired) electrons. The van der Waals surface area contributed by atoms with Crippen molar-refractivity contribution in [1.29, 1.82) is 0 Å². The van der Waals surface area contributed by atoms with Gasteiger partial charge in [-0.25, -0.2) is 8.42 Å². The molecule has 1 aromatic carbocycles. The zero-order valence-electron chi connectivity index (χ0n) is 14.8. The van der Waals surface area contributed by atoms with Gasteiger partial charge in [0.25, 0.3) is 0 Å². The van der Waals surface area contributed by atoms with Crippen LogP contribution in [0, 0.1) is 0 Å². The second kappa shape index (κ2) is 9.54. The number of hydrogen-bond donors (Lipinski definition) is 1. The van der Waals surface area contributed by atoms with Crippen molar-refractivity contribution in [2.75, 3.05) is 13.2 Å². The van der Waals surface area contributed by atoms with E-state index in [0.717, 1.165) is 32.1 Å². The first-order valence-electron chi connectivity index (χ1n) is 9.31. The third-order valence-electron chi connectivity index (χ3n) is 4.88. The summed E-state index contributed by atoms with van der Waals surface area (Å²) in [6.45, 7) is 2.80. The van der Waals surface area contributed by atoms with E-state index in [4.69, 9.17) is 0 Å². The first-order chi connectivity index (χ1) is 11.6. The van der Waals surface area contributed by atoms with Crippen molar-refractivity contribution in [3.8, 4) is 0 Å². The lowest BCUT2D eigenvalue weighted by Gasteiger charge is -2.34. The fraction of sp³-hybridized carbons (Fsp3) is 0.684. The predicted octanol–water partition coefficient (Wildman–Crippen LogP) is 3.74. The summed E-state index contributed by atoms with van der Waals surface area (Å²) < 4.78 is 27.5. The van der Waals surface area contributed by atoms with Gasteiger partial charge in [0.05, 0.1) is 4.90 Å². The quantitative estimate of drug-likeness (QED) is 0.688. The number of aliphatic hydroxyl groups excluding tert-OH is 1. The van der Waals surface area contributed by atoms with E-state index in [9.17, 15) is 13.5 Å². The maximum Gasteiger partial charge on any atom is 0.243 e. The van der Waals surface area contributed by atoms with Crippen molar-refractivity contribution in [2.24, 2.45) is 0 Å². The third kappa shape index (κ3) is 5.04. The molecule has 0 aliphatic carbocycles. The Balaban J connectivity index is 2.05. The van der Waals surface area contributed by atoms with Crippen molar-refractivity contribution >= 4 is 10.0 Å². The Kier molecular flexibility index (Phi) is 7.72. The number of piperidine rings is 1. The molecule has 0 bridgehead atoms. The summed E-state index contributed by atoms with van der Waals surface area (Å²) in [6.07, 6.45) is 9.18. The highest BCUT2D eigenvalue weighted by Gasteiger charge is 2.32. The normalized spacial score (nSPS) is 19.5. The Hall–Kier alpha value is -0.910. The smallest absolute Gasteiger partial charge is 0.243 e. The second-order valence-electron chi connectivity index (χ2n) is 6.73. The van der Waals surface area contributed by atoms with Crippen molar-refractivity contribution < 1.29 is 13.5 Å². The van der Waals surface area contributed by atoms with Gasteiger partial charge in [-0.05, 0) is 49.8 Å². The van der Waals surface area contributed by atoms with Crippen LogP contribution in [0.4, 0.5) is 0 Å². The van der Waals surface area contributed by atoms with E-state index >= 15 is 0 Å². The lowest BCUT2D eigenvalue weighted by atomic mass is 10.0. The molecule has 4 nitrogen and oxygen atoms in total. The van der Waals surface area contributed by atoms with Gasteiger partial charge in [-0.1, -0.05) is 44.7 Å². The summed E-state index contributed by atoms with van der Waals surface area (Å²) in [6, 6.07) is 7.32. The van der Waals surface area contributed by atoms with Crippen LogP contribution in [0.5, 0.6) is 0 Å². The Morgan fingerprint density at radius 2 is 1.88 bits per heavy atom. The minimum absolute atomic E-state index is 0.0351. The molecular formula is C19H31NO3S. The zero-order valence-corrected chi connectivity index (χ0v) is 15.6. The number of hydrogen-bond acceptors (Lipinski definition) is 3. The molecule has 1 saturated heterocycles. The molecule has 0 amide bonds. The lowest BCUT2D eigenvalue weighted by Crippen LogP contribution is -2.44. The minimum Gasteiger partial charge on any atom is -0.396 e. The van der Waals surface area contributed by atoms with Crippen LogP contribution >= 0.6 is 0 Å². The van der Waals surface area contributed by atoms with Crippen molar-refractivity contribution in [1.82, 2.24) is 4.31 Å². The second-order valence-corrected chi connectivity index (χ2v) is 8.62. The number of unbranched alkanes of at least 4 members (excludes halogenated alkanes) is 3. The summed E-state index contributed by atoms with van der Waals surface area (Å²) in [7, 11) is -3.46. The fourth-order valence-electron chi connectivity index (χ4n) is 3.45. The van der Waals surface area contributed by atoms with Gasteiger partial charge in [-0.3, -0.25) is 0 Å². The van der Waals surface area contributed by atoms with E-state index in [1.807, 2.05) is 12.1 Å². The molecule has 5 heteroatoms. The first kappa shape index (κ1) is 19.4. The molecule has 1 aliphatic heterocycles. The molecule has 0 saturated carbocycles. The number of aryl methyl sites for hydroxylation is 1. The number of rotatable bonds is 9. The largest absolute Gasteiger partial charge is 0.396 e. The zero-order chi connectivity index (χ0) is 17.4. The molecule has 2 rings (SSSR count). The van der Waals surface area contributed by atoms with Crippen molar-refractivity contribution in [3.05, 3.63) is 29.8 Å². The van der Waals surface area contributed by atoms with Gasteiger partial charge in [-0.2, -0.15) is 4.31 Å². The molecule has 1 atom stereocenters. The highest BCUT2D eigenvalue weighted by Crippen LogP contribution is 2.27. The van der Waals surface area contributed by atoms with Gasteiger partial charge >= 0.3 is 0 Å². The number of benzene rings is 1. The van der Waals surface area contributed by atoms with Gasteiger partial charge in [-0.15, -0.1) is 0 Å². The molecule has 1 unspecified atom stereocenters. The Bertz CT molecular complexity index is 581. The molecule has 0 aromatic heterocycles. The highest BCUT2D eigenvalue weighted by atomic mass is 32.2. The van der Waals surface area contributed by atoms with Gasteiger partial charge in [0.1, 0.15) is 0 Å². The highest BCUT2D eigenvalue weighted by molar-refractivity contribution is 7.89. The molecule has 1 heterocycles. The van der Waals surface area contributed by atoms with Crippen LogP contribution in [0.3, 0.4) is 0 Å². The van der Waals surface area contributed by atoms with E-state index in [1.165, 1.54) is 24.8 Å². The van der Waals surface area contributed by atoms with E-state index in [1.54, 1.807) is 16.4 Å². The molecule has 1 N–H and O–H groups in total. The van der Waals surface area contributed by atoms with Gasteiger partial charge < -0.3 is 5.11 Å². The summed E-state index contributed by atoms with van der Waals surface area (Å²) in [4.78, 5) is 0.379. The lowest BCUT2D eigenvalue weighted by molar-refractivity contribution is 0.192. The molecule has 24 heavy (non-hydrogen) atoms. The van der Waals surface area contributed by atoms with E-state index in [0.29, 0.717) is 17.9 Å².